The van der Waals surface area contributed by atoms with E-state index in [9.17, 15) is 19.1 Å². The molecule has 2 atom stereocenters. The maximum absolute atomic E-state index is 14.3. The van der Waals surface area contributed by atoms with Gasteiger partial charge in [0.15, 0.2) is 11.6 Å². The fraction of sp³-hybridized carbons (Fsp3) is 0.435. The number of pyridine rings is 2. The molecule has 0 aromatic carbocycles. The van der Waals surface area contributed by atoms with Gasteiger partial charge in [-0.05, 0) is 49.4 Å². The summed E-state index contributed by atoms with van der Waals surface area (Å²) in [5, 5.41) is 12.6. The zero-order valence-electron chi connectivity index (χ0n) is 17.1. The highest BCUT2D eigenvalue weighted by Crippen LogP contribution is 2.37. The lowest BCUT2D eigenvalue weighted by atomic mass is 9.83. The van der Waals surface area contributed by atoms with Gasteiger partial charge in [0.25, 0.3) is 11.5 Å². The summed E-state index contributed by atoms with van der Waals surface area (Å²) in [5.41, 5.74) is -0.0658. The van der Waals surface area contributed by atoms with Crippen molar-refractivity contribution >= 4 is 11.7 Å². The van der Waals surface area contributed by atoms with Crippen LogP contribution in [0.4, 0.5) is 10.2 Å². The van der Waals surface area contributed by atoms with Crippen molar-refractivity contribution in [2.75, 3.05) is 24.6 Å². The van der Waals surface area contributed by atoms with E-state index in [0.717, 1.165) is 12.1 Å². The van der Waals surface area contributed by atoms with E-state index in [1.165, 1.54) is 6.07 Å². The summed E-state index contributed by atoms with van der Waals surface area (Å²) in [6.07, 6.45) is 7.46. The average Bonchev–Trinajstić information content (AvgIpc) is 3.23. The monoisotopic (exact) mass is 424 g/mol. The van der Waals surface area contributed by atoms with E-state index in [0.29, 0.717) is 38.3 Å². The Morgan fingerprint density at radius 3 is 2.77 bits per heavy atom. The Bertz CT molecular complexity index is 1100. The van der Waals surface area contributed by atoms with Gasteiger partial charge in [0.05, 0.1) is 12.1 Å². The maximum atomic E-state index is 14.3. The van der Waals surface area contributed by atoms with Crippen molar-refractivity contribution in [3.8, 4) is 0 Å². The number of carbonyl (C=O) groups is 1. The van der Waals surface area contributed by atoms with Crippen molar-refractivity contribution in [3.63, 3.8) is 0 Å². The van der Waals surface area contributed by atoms with Gasteiger partial charge in [-0.2, -0.15) is 0 Å². The molecular formula is C23H25FN4O3. The zero-order valence-corrected chi connectivity index (χ0v) is 17.1. The van der Waals surface area contributed by atoms with E-state index in [1.54, 1.807) is 22.9 Å². The van der Waals surface area contributed by atoms with Crippen LogP contribution in [0.2, 0.25) is 0 Å². The van der Waals surface area contributed by atoms with Gasteiger partial charge >= 0.3 is 0 Å². The number of hydrogen-bond acceptors (Lipinski definition) is 5. The van der Waals surface area contributed by atoms with Crippen LogP contribution in [-0.4, -0.2) is 45.8 Å². The van der Waals surface area contributed by atoms with E-state index in [4.69, 9.17) is 0 Å². The Kier molecular flexibility index (Phi) is 4.89. The van der Waals surface area contributed by atoms with Gasteiger partial charge in [-0.3, -0.25) is 9.59 Å². The van der Waals surface area contributed by atoms with E-state index in [-0.39, 0.29) is 35.4 Å². The number of fused-ring (bicyclic) bond motifs is 4. The summed E-state index contributed by atoms with van der Waals surface area (Å²) < 4.78 is 16.0. The summed E-state index contributed by atoms with van der Waals surface area (Å²) >= 11 is 0. The third kappa shape index (κ3) is 3.44. The standard InChI is InChI=1S/C23H25FN4O3/c24-18-4-3-9-25-20(18)27-11-15-10-16(13-27)19-6-5-17(22(31)28(19)12-15)21(30)26-23(14-29)7-1-2-8-23/h1-6,9,15-16,29H,7-8,10-14H2,(H,26,30)/t15-,16+/m0/s1. The summed E-state index contributed by atoms with van der Waals surface area (Å²) in [6, 6.07) is 6.41. The van der Waals surface area contributed by atoms with Crippen LogP contribution in [0.25, 0.3) is 0 Å². The normalized spacial score (nSPS) is 23.5. The first-order valence-corrected chi connectivity index (χ1v) is 10.7. The Morgan fingerprint density at radius 1 is 1.23 bits per heavy atom. The predicted octanol–water partition coefficient (Wildman–Crippen LogP) is 1.82. The van der Waals surface area contributed by atoms with E-state index >= 15 is 0 Å². The minimum absolute atomic E-state index is 0.0709. The predicted molar refractivity (Wildman–Crippen MR) is 114 cm³/mol. The van der Waals surface area contributed by atoms with Gasteiger partial charge < -0.3 is 19.9 Å². The molecule has 7 nitrogen and oxygen atoms in total. The second kappa shape index (κ2) is 7.60. The van der Waals surface area contributed by atoms with Crippen molar-refractivity contribution in [3.05, 3.63) is 70.0 Å². The number of anilines is 1. The number of carbonyl (C=O) groups excluding carboxylic acids is 1. The fourth-order valence-electron chi connectivity index (χ4n) is 5.18. The van der Waals surface area contributed by atoms with Crippen LogP contribution in [0, 0.1) is 11.7 Å². The van der Waals surface area contributed by atoms with Crippen molar-refractivity contribution in [2.24, 2.45) is 5.92 Å². The fourth-order valence-corrected chi connectivity index (χ4v) is 5.18. The van der Waals surface area contributed by atoms with Crippen LogP contribution in [0.5, 0.6) is 0 Å². The number of aromatic nitrogens is 2. The van der Waals surface area contributed by atoms with Crippen molar-refractivity contribution in [1.29, 1.82) is 0 Å². The van der Waals surface area contributed by atoms with E-state index < -0.39 is 11.4 Å². The highest BCUT2D eigenvalue weighted by atomic mass is 19.1. The first-order chi connectivity index (χ1) is 15.0. The minimum atomic E-state index is -0.728. The molecule has 0 radical (unpaired) electrons. The van der Waals surface area contributed by atoms with Crippen molar-refractivity contribution < 1.29 is 14.3 Å². The first-order valence-electron chi connectivity index (χ1n) is 10.7. The second-order valence-corrected chi connectivity index (χ2v) is 8.87. The molecule has 2 aromatic heterocycles. The quantitative estimate of drug-likeness (QED) is 0.731. The number of halogens is 1. The smallest absolute Gasteiger partial charge is 0.263 e. The maximum Gasteiger partial charge on any atom is 0.263 e. The topological polar surface area (TPSA) is 87.5 Å². The zero-order chi connectivity index (χ0) is 21.6. The van der Waals surface area contributed by atoms with Gasteiger partial charge in [0.2, 0.25) is 0 Å². The van der Waals surface area contributed by atoms with Crippen LogP contribution in [-0.2, 0) is 6.54 Å². The Labute approximate surface area is 179 Å². The van der Waals surface area contributed by atoms with Gasteiger partial charge in [0.1, 0.15) is 5.56 Å². The van der Waals surface area contributed by atoms with Gasteiger partial charge in [-0.15, -0.1) is 0 Å². The molecule has 1 saturated heterocycles. The summed E-state index contributed by atoms with van der Waals surface area (Å²) in [5.74, 6) is -0.200. The van der Waals surface area contributed by atoms with Crippen LogP contribution >= 0.6 is 0 Å². The minimum Gasteiger partial charge on any atom is -0.394 e. The number of nitrogens with one attached hydrogen (secondary N) is 1. The van der Waals surface area contributed by atoms with Crippen LogP contribution in [0.1, 0.15) is 41.2 Å². The molecule has 31 heavy (non-hydrogen) atoms. The number of amides is 1. The number of aliphatic hydroxyl groups is 1. The summed E-state index contributed by atoms with van der Waals surface area (Å²) in [6.45, 7) is 1.51. The number of piperidine rings is 1. The molecule has 1 amide bonds. The molecule has 0 unspecified atom stereocenters. The largest absolute Gasteiger partial charge is 0.394 e. The van der Waals surface area contributed by atoms with Gasteiger partial charge in [-0.1, -0.05) is 12.2 Å². The Balaban J connectivity index is 1.41. The third-order valence-corrected chi connectivity index (χ3v) is 6.75. The summed E-state index contributed by atoms with van der Waals surface area (Å²) in [7, 11) is 0. The molecule has 8 heteroatoms. The van der Waals surface area contributed by atoms with E-state index in [2.05, 4.69) is 10.3 Å². The van der Waals surface area contributed by atoms with Crippen molar-refractivity contribution in [1.82, 2.24) is 14.9 Å². The lowest BCUT2D eigenvalue weighted by Crippen LogP contribution is -2.52. The molecule has 3 aliphatic rings. The third-order valence-electron chi connectivity index (χ3n) is 6.75. The number of hydrogen-bond donors (Lipinski definition) is 2. The second-order valence-electron chi connectivity index (χ2n) is 8.87. The van der Waals surface area contributed by atoms with Crippen LogP contribution < -0.4 is 15.8 Å². The SMILES string of the molecule is O=C(NC1(CO)CC=CC1)c1ccc2n(c1=O)C[C@H]1C[C@@H]2CN(c2ncccc2F)C1. The molecule has 1 aliphatic carbocycles. The van der Waals surface area contributed by atoms with E-state index in [1.807, 2.05) is 23.1 Å². The molecule has 1 fully saturated rings. The van der Waals surface area contributed by atoms with Crippen LogP contribution in [0.15, 0.2) is 47.4 Å². The molecule has 2 bridgehead atoms. The van der Waals surface area contributed by atoms with Crippen molar-refractivity contribution in [2.45, 2.75) is 37.3 Å². The molecule has 0 spiro atoms. The highest BCUT2D eigenvalue weighted by molar-refractivity contribution is 5.94. The highest BCUT2D eigenvalue weighted by Gasteiger charge is 2.37. The molecule has 162 valence electrons. The lowest BCUT2D eigenvalue weighted by Gasteiger charge is -2.43. The van der Waals surface area contributed by atoms with Crippen LogP contribution in [0.3, 0.4) is 0 Å². The molecule has 2 aliphatic heterocycles. The molecular weight excluding hydrogens is 399 g/mol. The number of rotatable bonds is 4. The Morgan fingerprint density at radius 2 is 2.03 bits per heavy atom. The number of nitrogens with zero attached hydrogens (tertiary/aromatic N) is 3. The van der Waals surface area contributed by atoms with Gasteiger partial charge in [-0.25, -0.2) is 9.37 Å². The molecule has 0 saturated carbocycles. The molecule has 2 N–H and O–H groups in total. The van der Waals surface area contributed by atoms with Gasteiger partial charge in [0, 0.05) is 37.4 Å². The Hall–Kier alpha value is -3.00. The number of aliphatic hydroxyl groups excluding tert-OH is 1. The first kappa shape index (κ1) is 19.9. The summed E-state index contributed by atoms with van der Waals surface area (Å²) in [4.78, 5) is 32.2. The molecule has 4 heterocycles. The molecule has 5 rings (SSSR count). The average molecular weight is 424 g/mol. The molecule has 2 aromatic rings. The lowest BCUT2D eigenvalue weighted by molar-refractivity contribution is 0.0842.